The van der Waals surface area contributed by atoms with E-state index in [4.69, 9.17) is 15.0 Å². The molecule has 0 saturated heterocycles. The van der Waals surface area contributed by atoms with Gasteiger partial charge in [0.15, 0.2) is 6.21 Å². The maximum absolute atomic E-state index is 5.20. The van der Waals surface area contributed by atoms with Gasteiger partial charge in [-0.25, -0.2) is 4.98 Å². The Hall–Kier alpha value is -8.60. The first-order valence-electron chi connectivity index (χ1n) is 22.1. The first-order valence-corrected chi connectivity index (χ1v) is 22.1. The summed E-state index contributed by atoms with van der Waals surface area (Å²) >= 11 is 0. The van der Waals surface area contributed by atoms with Crippen LogP contribution in [0.3, 0.4) is 0 Å². The van der Waals surface area contributed by atoms with Crippen LogP contribution in [-0.2, 0) is 0 Å². The van der Waals surface area contributed by atoms with Gasteiger partial charge in [-0.3, -0.25) is 9.97 Å². The Labute approximate surface area is 378 Å². The second-order valence-electron chi connectivity index (χ2n) is 16.6. The van der Waals surface area contributed by atoms with E-state index in [9.17, 15) is 0 Å². The number of allylic oxidation sites excluding steroid dienone is 1. The Morgan fingerprint density at radius 1 is 0.323 bits per heavy atom. The van der Waals surface area contributed by atoms with Gasteiger partial charge in [-0.1, -0.05) is 170 Å². The van der Waals surface area contributed by atoms with E-state index in [1.165, 1.54) is 11.1 Å². The summed E-state index contributed by atoms with van der Waals surface area (Å²) in [6.07, 6.45) is 12.7. The summed E-state index contributed by atoms with van der Waals surface area (Å²) in [5.74, 6) is 0. The molecule has 0 amide bonds. The second-order valence-corrected chi connectivity index (χ2v) is 16.6. The molecule has 1 unspecified atom stereocenters. The zero-order valence-electron chi connectivity index (χ0n) is 35.5. The normalized spacial score (nSPS) is 13.4. The molecule has 2 aliphatic rings. The molecule has 0 bridgehead atoms. The Balaban J connectivity index is 1.02. The van der Waals surface area contributed by atoms with Gasteiger partial charge in [-0.2, -0.15) is 4.58 Å². The SMILES string of the molecule is C1=CC2c3ccccc3-c3ncc(-c4ccccc4-c4cc(-c5ccccc5-c5ccc(-c6ccccc6)nc5)cc(-c5ccccc5-c5ccc(-c6ccccc6)nc5)c4)cc3[N+]2=C1. The zero-order chi connectivity index (χ0) is 43.1. The predicted molar refractivity (Wildman–Crippen MR) is 267 cm³/mol. The van der Waals surface area contributed by atoms with Gasteiger partial charge in [-0.15, -0.1) is 0 Å². The van der Waals surface area contributed by atoms with Crippen molar-refractivity contribution < 1.29 is 4.58 Å². The average molecular weight is 830 g/mol. The van der Waals surface area contributed by atoms with Crippen LogP contribution in [0.25, 0.3) is 101 Å². The minimum absolute atomic E-state index is 0.153. The van der Waals surface area contributed by atoms with Crippen molar-refractivity contribution in [1.82, 2.24) is 15.0 Å². The summed E-state index contributed by atoms with van der Waals surface area (Å²) in [5, 5.41) is 0. The summed E-state index contributed by atoms with van der Waals surface area (Å²) in [5.41, 5.74) is 22.0. The fraction of sp³-hybridized carbons (Fsp3) is 0.0164. The molecule has 65 heavy (non-hydrogen) atoms. The van der Waals surface area contributed by atoms with Crippen molar-refractivity contribution >= 4 is 11.9 Å². The number of pyridine rings is 3. The van der Waals surface area contributed by atoms with E-state index in [2.05, 4.69) is 217 Å². The first-order chi connectivity index (χ1) is 32.2. The van der Waals surface area contributed by atoms with Crippen LogP contribution in [0.1, 0.15) is 11.6 Å². The maximum atomic E-state index is 5.20. The van der Waals surface area contributed by atoms with Crippen LogP contribution >= 0.6 is 0 Å². The van der Waals surface area contributed by atoms with Crippen LogP contribution in [0.2, 0.25) is 0 Å². The molecule has 1 atom stereocenters. The third-order valence-electron chi connectivity index (χ3n) is 12.8. The third kappa shape index (κ3) is 6.98. The number of hydrogen-bond acceptors (Lipinski definition) is 3. The highest BCUT2D eigenvalue weighted by molar-refractivity contribution is 5.95. The molecule has 10 aromatic rings. The molecule has 0 radical (unpaired) electrons. The van der Waals surface area contributed by atoms with E-state index in [1.54, 1.807) is 0 Å². The second kappa shape index (κ2) is 16.3. The van der Waals surface area contributed by atoms with E-state index in [1.807, 2.05) is 30.7 Å². The molecule has 7 aromatic carbocycles. The maximum Gasteiger partial charge on any atom is 0.233 e. The van der Waals surface area contributed by atoms with Crippen LogP contribution in [-0.4, -0.2) is 25.7 Å². The number of hydrogen-bond donors (Lipinski definition) is 0. The van der Waals surface area contributed by atoms with Crippen LogP contribution in [0.5, 0.6) is 0 Å². The lowest BCUT2D eigenvalue weighted by molar-refractivity contribution is -0.469. The Bertz CT molecular complexity index is 3320. The topological polar surface area (TPSA) is 41.7 Å². The third-order valence-corrected chi connectivity index (χ3v) is 12.8. The summed E-state index contributed by atoms with van der Waals surface area (Å²) in [7, 11) is 0. The van der Waals surface area contributed by atoms with Gasteiger partial charge < -0.3 is 0 Å². The molecule has 12 rings (SSSR count). The lowest BCUT2D eigenvalue weighted by atomic mass is 9.86. The van der Waals surface area contributed by atoms with E-state index in [-0.39, 0.29) is 6.04 Å². The summed E-state index contributed by atoms with van der Waals surface area (Å²) in [6, 6.07) is 73.6. The molecule has 3 aromatic heterocycles. The van der Waals surface area contributed by atoms with E-state index in [0.29, 0.717) is 0 Å². The zero-order valence-corrected chi connectivity index (χ0v) is 35.5. The van der Waals surface area contributed by atoms with Crippen molar-refractivity contribution in [3.05, 3.63) is 243 Å². The molecular formula is C61H41N4+. The van der Waals surface area contributed by atoms with Gasteiger partial charge >= 0.3 is 0 Å². The number of aromatic nitrogens is 3. The minimum atomic E-state index is 0.153. The van der Waals surface area contributed by atoms with Crippen molar-refractivity contribution in [3.8, 4) is 101 Å². The molecule has 0 spiro atoms. The smallest absolute Gasteiger partial charge is 0.233 e. The lowest BCUT2D eigenvalue weighted by Gasteiger charge is -2.22. The van der Waals surface area contributed by atoms with Crippen molar-refractivity contribution in [1.29, 1.82) is 0 Å². The van der Waals surface area contributed by atoms with Crippen molar-refractivity contribution in [2.45, 2.75) is 6.04 Å². The molecule has 0 N–H and O–H groups in total. The molecule has 0 aliphatic carbocycles. The predicted octanol–water partition coefficient (Wildman–Crippen LogP) is 15.2. The van der Waals surface area contributed by atoms with Gasteiger partial charge in [-0.05, 0) is 86.5 Å². The molecule has 4 heteroatoms. The fourth-order valence-corrected chi connectivity index (χ4v) is 9.61. The van der Waals surface area contributed by atoms with Crippen molar-refractivity contribution in [3.63, 3.8) is 0 Å². The fourth-order valence-electron chi connectivity index (χ4n) is 9.61. The van der Waals surface area contributed by atoms with Gasteiger partial charge in [0.2, 0.25) is 11.7 Å². The van der Waals surface area contributed by atoms with Gasteiger partial charge in [0, 0.05) is 69.7 Å². The average Bonchev–Trinajstić information content (AvgIpc) is 3.90. The van der Waals surface area contributed by atoms with E-state index < -0.39 is 0 Å². The summed E-state index contributed by atoms with van der Waals surface area (Å²) in [4.78, 5) is 15.1. The molecule has 0 saturated carbocycles. The van der Waals surface area contributed by atoms with Gasteiger partial charge in [0.25, 0.3) is 0 Å². The van der Waals surface area contributed by atoms with Gasteiger partial charge in [0.1, 0.15) is 5.69 Å². The highest BCUT2D eigenvalue weighted by Crippen LogP contribution is 2.47. The molecule has 4 nitrogen and oxygen atoms in total. The van der Waals surface area contributed by atoms with Crippen LogP contribution in [0.15, 0.2) is 237 Å². The Kier molecular flexibility index (Phi) is 9.53. The van der Waals surface area contributed by atoms with E-state index >= 15 is 0 Å². The molecular weight excluding hydrogens is 789 g/mol. The Morgan fingerprint density at radius 3 is 1.22 bits per heavy atom. The number of fused-ring (bicyclic) bond motifs is 6. The molecule has 0 fully saturated rings. The standard InChI is InChI=1S/C61H41N4/c1-3-16-41(17-4-1)57-31-29-43(38-62-57)49-20-7-9-22-51(49)45-34-46(52-23-10-8-21-50(52)44-30-32-58(63-39-44)42-18-5-2-6-19-42)36-47(35-45)53-24-11-12-25-54(53)48-37-60-61(64-40-48)56-27-14-13-26-55(56)59-28-15-33-65(59)60/h1-40,59H/q+1. The highest BCUT2D eigenvalue weighted by Gasteiger charge is 2.37. The van der Waals surface area contributed by atoms with Crippen LogP contribution in [0.4, 0.5) is 5.69 Å². The summed E-state index contributed by atoms with van der Waals surface area (Å²) < 4.78 is 2.35. The lowest BCUT2D eigenvalue weighted by Crippen LogP contribution is -2.16. The van der Waals surface area contributed by atoms with Crippen LogP contribution in [0, 0.1) is 0 Å². The highest BCUT2D eigenvalue weighted by atomic mass is 15.1. The quantitative estimate of drug-likeness (QED) is 0.143. The number of benzene rings is 7. The molecule has 5 heterocycles. The molecule has 304 valence electrons. The van der Waals surface area contributed by atoms with Crippen molar-refractivity contribution in [2.24, 2.45) is 0 Å². The minimum Gasteiger partial charge on any atom is -0.256 e. The molecule has 2 aliphatic heterocycles. The number of nitrogens with zero attached hydrogens (tertiary/aromatic N) is 4. The van der Waals surface area contributed by atoms with Crippen molar-refractivity contribution in [2.75, 3.05) is 0 Å². The largest absolute Gasteiger partial charge is 0.256 e. The van der Waals surface area contributed by atoms with Crippen LogP contribution < -0.4 is 0 Å². The van der Waals surface area contributed by atoms with Gasteiger partial charge in [0.05, 0.1) is 11.4 Å². The monoisotopic (exact) mass is 829 g/mol. The van der Waals surface area contributed by atoms with E-state index in [0.717, 1.165) is 101 Å². The number of rotatable bonds is 8. The first kappa shape index (κ1) is 38.1. The summed E-state index contributed by atoms with van der Waals surface area (Å²) in [6.45, 7) is 0. The Morgan fingerprint density at radius 2 is 0.738 bits per heavy atom.